The van der Waals surface area contributed by atoms with Crippen LogP contribution in [0.5, 0.6) is 0 Å². The smallest absolute Gasteiger partial charge is 0.309 e. The minimum absolute atomic E-state index is 0.0738. The van der Waals surface area contributed by atoms with Gasteiger partial charge in [-0.3, -0.25) is 9.59 Å². The lowest BCUT2D eigenvalue weighted by molar-refractivity contribution is -0.154. The Labute approximate surface area is 170 Å². The maximum Gasteiger partial charge on any atom is 0.309 e. The summed E-state index contributed by atoms with van der Waals surface area (Å²) in [5.74, 6) is 0.738. The Kier molecular flexibility index (Phi) is 5.63. The van der Waals surface area contributed by atoms with Crippen molar-refractivity contribution in [2.24, 2.45) is 17.8 Å². The van der Waals surface area contributed by atoms with E-state index < -0.39 is 0 Å². The Bertz CT molecular complexity index is 839. The number of hydrogen-bond donors (Lipinski definition) is 0. The van der Waals surface area contributed by atoms with Crippen molar-refractivity contribution in [2.45, 2.75) is 58.5 Å². The monoisotopic (exact) mass is 397 g/mol. The van der Waals surface area contributed by atoms with Crippen molar-refractivity contribution >= 4 is 23.1 Å². The second-order valence-electron chi connectivity index (χ2n) is 8.42. The van der Waals surface area contributed by atoms with E-state index in [0.29, 0.717) is 24.5 Å². The van der Waals surface area contributed by atoms with Gasteiger partial charge in [-0.15, -0.1) is 11.3 Å². The number of carbonyl (C=O) groups is 2. The Balaban J connectivity index is 1.34. The molecule has 148 valence electrons. The fraction of sp³-hybridized carbons (Fsp3) is 0.522. The van der Waals surface area contributed by atoms with Crippen LogP contribution in [-0.4, -0.2) is 16.7 Å². The standard InChI is InChI=1S/C23H27NO3S/c1-14(2)15-6-8-16(9-7-15)22-24-20(13-28-22)12-27-23(26)19-10-17-4-3-5-18(11-19)21(17)25/h6-9,13-14,17-19H,3-5,10-12H2,1-2H3/t17-,18+,19?. The van der Waals surface area contributed by atoms with E-state index >= 15 is 0 Å². The topological polar surface area (TPSA) is 56.3 Å². The maximum absolute atomic E-state index is 12.5. The first-order valence-electron chi connectivity index (χ1n) is 10.3. The number of aromatic nitrogens is 1. The fourth-order valence-electron chi connectivity index (χ4n) is 4.45. The number of thiazole rings is 1. The number of ether oxygens (including phenoxy) is 1. The van der Waals surface area contributed by atoms with Gasteiger partial charge in [-0.05, 0) is 37.2 Å². The van der Waals surface area contributed by atoms with Crippen LogP contribution in [-0.2, 0) is 20.9 Å². The summed E-state index contributed by atoms with van der Waals surface area (Å²) in [5, 5.41) is 2.90. The number of carbonyl (C=O) groups excluding carboxylic acids is 2. The third kappa shape index (κ3) is 4.04. The summed E-state index contributed by atoms with van der Waals surface area (Å²) in [5.41, 5.74) is 3.18. The average Bonchev–Trinajstić information content (AvgIpc) is 3.15. The van der Waals surface area contributed by atoms with E-state index in [1.165, 1.54) is 5.56 Å². The molecule has 1 aromatic heterocycles. The molecule has 4 rings (SSSR count). The lowest BCUT2D eigenvalue weighted by Gasteiger charge is -2.36. The molecule has 28 heavy (non-hydrogen) atoms. The molecule has 1 heterocycles. The van der Waals surface area contributed by atoms with Crippen molar-refractivity contribution in [3.63, 3.8) is 0 Å². The van der Waals surface area contributed by atoms with Crippen LogP contribution in [0.4, 0.5) is 0 Å². The van der Waals surface area contributed by atoms with Gasteiger partial charge in [0.25, 0.3) is 0 Å². The Hall–Kier alpha value is -2.01. The fourth-order valence-corrected chi connectivity index (χ4v) is 5.26. The summed E-state index contributed by atoms with van der Waals surface area (Å²) >= 11 is 1.57. The molecule has 2 aromatic rings. The first kappa shape index (κ1) is 19.3. The molecule has 2 aliphatic rings. The largest absolute Gasteiger partial charge is 0.459 e. The number of ketones is 1. The van der Waals surface area contributed by atoms with Gasteiger partial charge in [0.2, 0.25) is 0 Å². The number of rotatable bonds is 5. The SMILES string of the molecule is CC(C)c1ccc(-c2nc(COC(=O)C3C[C@H]4CCC[C@@H](C3)C4=O)cs2)cc1. The van der Waals surface area contributed by atoms with E-state index in [1.54, 1.807) is 11.3 Å². The molecular formula is C23H27NO3S. The molecule has 1 aromatic carbocycles. The second-order valence-corrected chi connectivity index (χ2v) is 9.28. The molecule has 2 saturated carbocycles. The minimum Gasteiger partial charge on any atom is -0.459 e. The van der Waals surface area contributed by atoms with Gasteiger partial charge in [0, 0.05) is 22.8 Å². The molecule has 2 fully saturated rings. The maximum atomic E-state index is 12.5. The second kappa shape index (κ2) is 8.16. The molecular weight excluding hydrogens is 370 g/mol. The van der Waals surface area contributed by atoms with E-state index in [1.807, 2.05) is 5.38 Å². The molecule has 2 bridgehead atoms. The minimum atomic E-state index is -0.166. The molecule has 0 N–H and O–H groups in total. The summed E-state index contributed by atoms with van der Waals surface area (Å²) in [6.07, 6.45) is 4.31. The zero-order valence-corrected chi connectivity index (χ0v) is 17.3. The molecule has 0 radical (unpaired) electrons. The molecule has 1 unspecified atom stereocenters. The van der Waals surface area contributed by atoms with Gasteiger partial charge < -0.3 is 4.74 Å². The molecule has 3 atom stereocenters. The van der Waals surface area contributed by atoms with Crippen LogP contribution in [0.3, 0.4) is 0 Å². The van der Waals surface area contributed by atoms with Crippen molar-refractivity contribution in [2.75, 3.05) is 0 Å². The molecule has 0 amide bonds. The molecule has 5 heteroatoms. The Morgan fingerprint density at radius 3 is 2.50 bits per heavy atom. The van der Waals surface area contributed by atoms with Gasteiger partial charge in [0.05, 0.1) is 11.6 Å². The number of fused-ring (bicyclic) bond motifs is 2. The highest BCUT2D eigenvalue weighted by molar-refractivity contribution is 7.13. The first-order valence-corrected chi connectivity index (χ1v) is 11.1. The van der Waals surface area contributed by atoms with Gasteiger partial charge in [-0.2, -0.15) is 0 Å². The van der Waals surface area contributed by atoms with E-state index in [4.69, 9.17) is 4.74 Å². The third-order valence-electron chi connectivity index (χ3n) is 6.12. The Morgan fingerprint density at radius 2 is 1.86 bits per heavy atom. The highest BCUT2D eigenvalue weighted by Gasteiger charge is 2.41. The van der Waals surface area contributed by atoms with Gasteiger partial charge in [-0.25, -0.2) is 4.98 Å². The molecule has 0 spiro atoms. The van der Waals surface area contributed by atoms with Gasteiger partial charge in [0.15, 0.2) is 0 Å². The van der Waals surface area contributed by atoms with Crippen molar-refractivity contribution in [3.05, 3.63) is 40.9 Å². The average molecular weight is 398 g/mol. The van der Waals surface area contributed by atoms with E-state index in [9.17, 15) is 9.59 Å². The summed E-state index contributed by atoms with van der Waals surface area (Å²) in [7, 11) is 0. The van der Waals surface area contributed by atoms with E-state index in [0.717, 1.165) is 35.5 Å². The lowest BCUT2D eigenvalue weighted by Crippen LogP contribution is -2.39. The third-order valence-corrected chi connectivity index (χ3v) is 7.06. The van der Waals surface area contributed by atoms with Gasteiger partial charge in [-0.1, -0.05) is 44.5 Å². The number of Topliss-reactive ketones (excluding diaryl/α,β-unsaturated/α-hetero) is 1. The number of benzene rings is 1. The highest BCUT2D eigenvalue weighted by Crippen LogP contribution is 2.40. The predicted molar refractivity (Wildman–Crippen MR) is 110 cm³/mol. The van der Waals surface area contributed by atoms with Crippen LogP contribution >= 0.6 is 11.3 Å². The lowest BCUT2D eigenvalue weighted by atomic mass is 9.67. The van der Waals surface area contributed by atoms with E-state index in [-0.39, 0.29) is 30.3 Å². The van der Waals surface area contributed by atoms with Gasteiger partial charge in [0.1, 0.15) is 17.4 Å². The van der Waals surface area contributed by atoms with E-state index in [2.05, 4.69) is 43.1 Å². The summed E-state index contributed by atoms with van der Waals surface area (Å²) in [6.45, 7) is 4.57. The van der Waals surface area contributed by atoms with Crippen LogP contribution in [0.25, 0.3) is 10.6 Å². The normalized spacial score (nSPS) is 24.4. The first-order chi connectivity index (χ1) is 13.5. The van der Waals surface area contributed by atoms with Crippen LogP contribution in [0, 0.1) is 17.8 Å². The summed E-state index contributed by atoms with van der Waals surface area (Å²) < 4.78 is 5.56. The Morgan fingerprint density at radius 1 is 1.18 bits per heavy atom. The molecule has 0 saturated heterocycles. The van der Waals surface area contributed by atoms with Crippen molar-refractivity contribution in [1.29, 1.82) is 0 Å². The van der Waals surface area contributed by atoms with Gasteiger partial charge >= 0.3 is 5.97 Å². The number of nitrogens with zero attached hydrogens (tertiary/aromatic N) is 1. The summed E-state index contributed by atoms with van der Waals surface area (Å²) in [6, 6.07) is 8.48. The van der Waals surface area contributed by atoms with Crippen molar-refractivity contribution in [3.8, 4) is 10.6 Å². The highest BCUT2D eigenvalue weighted by atomic mass is 32.1. The molecule has 4 nitrogen and oxygen atoms in total. The quantitative estimate of drug-likeness (QED) is 0.636. The zero-order chi connectivity index (χ0) is 19.7. The summed E-state index contributed by atoms with van der Waals surface area (Å²) in [4.78, 5) is 29.3. The molecule has 0 aliphatic heterocycles. The van der Waals surface area contributed by atoms with Crippen LogP contribution < -0.4 is 0 Å². The van der Waals surface area contributed by atoms with Crippen LogP contribution in [0.15, 0.2) is 29.6 Å². The molecule has 2 aliphatic carbocycles. The number of hydrogen-bond acceptors (Lipinski definition) is 5. The predicted octanol–water partition coefficient (Wildman–Crippen LogP) is 5.37. The van der Waals surface area contributed by atoms with Crippen molar-refractivity contribution < 1.29 is 14.3 Å². The zero-order valence-electron chi connectivity index (χ0n) is 16.5. The number of esters is 1. The van der Waals surface area contributed by atoms with Crippen molar-refractivity contribution in [1.82, 2.24) is 4.98 Å². The van der Waals surface area contributed by atoms with Crippen LogP contribution in [0.2, 0.25) is 0 Å². The van der Waals surface area contributed by atoms with Crippen LogP contribution in [0.1, 0.15) is 63.1 Å².